The largest absolute Gasteiger partial charge is 0.336 e. The molecule has 0 aliphatic rings. The van der Waals surface area contributed by atoms with Gasteiger partial charge in [0.1, 0.15) is 0 Å². The Balaban J connectivity index is 1.80. The first-order valence-electron chi connectivity index (χ1n) is 8.01. The standard InChI is InChI=1S/C19H22F2N2O/c1-13(8-9-15-6-4-3-5-7-15)22-19(24)23-14(2)16-10-11-17(20)18(21)12-16/h3-7,10-14H,8-9H2,1-2H3,(H2,22,23,24). The van der Waals surface area contributed by atoms with Gasteiger partial charge in [-0.1, -0.05) is 36.4 Å². The highest BCUT2D eigenvalue weighted by Gasteiger charge is 2.13. The number of benzene rings is 2. The van der Waals surface area contributed by atoms with Gasteiger partial charge in [-0.3, -0.25) is 0 Å². The summed E-state index contributed by atoms with van der Waals surface area (Å²) in [7, 11) is 0. The maximum Gasteiger partial charge on any atom is 0.315 e. The average molecular weight is 332 g/mol. The number of hydrogen-bond acceptors (Lipinski definition) is 1. The van der Waals surface area contributed by atoms with Crippen LogP contribution in [0.2, 0.25) is 0 Å². The molecule has 2 unspecified atom stereocenters. The van der Waals surface area contributed by atoms with Crippen molar-refractivity contribution in [2.75, 3.05) is 0 Å². The highest BCUT2D eigenvalue weighted by molar-refractivity contribution is 5.74. The van der Waals surface area contributed by atoms with Crippen LogP contribution in [0.4, 0.5) is 13.6 Å². The van der Waals surface area contributed by atoms with Gasteiger partial charge in [0.25, 0.3) is 0 Å². The molecular weight excluding hydrogens is 310 g/mol. The van der Waals surface area contributed by atoms with E-state index in [0.29, 0.717) is 5.56 Å². The normalized spacial score (nSPS) is 13.2. The Labute approximate surface area is 141 Å². The van der Waals surface area contributed by atoms with Crippen molar-refractivity contribution in [1.82, 2.24) is 10.6 Å². The summed E-state index contributed by atoms with van der Waals surface area (Å²) in [6.45, 7) is 3.66. The lowest BCUT2D eigenvalue weighted by molar-refractivity contribution is 0.234. The van der Waals surface area contributed by atoms with Gasteiger partial charge in [-0.15, -0.1) is 0 Å². The lowest BCUT2D eigenvalue weighted by Gasteiger charge is -2.18. The Morgan fingerprint density at radius 1 is 1.00 bits per heavy atom. The summed E-state index contributed by atoms with van der Waals surface area (Å²) in [4.78, 5) is 12.0. The fourth-order valence-electron chi connectivity index (χ4n) is 2.43. The number of rotatable bonds is 6. The molecule has 128 valence electrons. The molecule has 0 saturated heterocycles. The van der Waals surface area contributed by atoms with Crippen molar-refractivity contribution in [2.45, 2.75) is 38.8 Å². The summed E-state index contributed by atoms with van der Waals surface area (Å²) in [6, 6.07) is 12.9. The van der Waals surface area contributed by atoms with Crippen molar-refractivity contribution in [1.29, 1.82) is 0 Å². The molecule has 0 radical (unpaired) electrons. The van der Waals surface area contributed by atoms with Crippen molar-refractivity contribution in [2.24, 2.45) is 0 Å². The Hall–Kier alpha value is -2.43. The van der Waals surface area contributed by atoms with E-state index in [2.05, 4.69) is 22.8 Å². The third-order valence-electron chi connectivity index (χ3n) is 3.88. The first-order valence-corrected chi connectivity index (χ1v) is 8.01. The summed E-state index contributed by atoms with van der Waals surface area (Å²) < 4.78 is 26.2. The Kier molecular flexibility index (Phi) is 6.29. The molecule has 2 atom stereocenters. The molecule has 0 fully saturated rings. The summed E-state index contributed by atoms with van der Waals surface area (Å²) in [5, 5.41) is 5.59. The molecular formula is C19H22F2N2O. The number of amides is 2. The quantitative estimate of drug-likeness (QED) is 0.811. The van der Waals surface area contributed by atoms with Crippen molar-refractivity contribution in [3.05, 3.63) is 71.3 Å². The molecule has 24 heavy (non-hydrogen) atoms. The number of carbonyl (C=O) groups excluding carboxylic acids is 1. The number of halogens is 2. The molecule has 3 nitrogen and oxygen atoms in total. The monoisotopic (exact) mass is 332 g/mol. The minimum Gasteiger partial charge on any atom is -0.336 e. The summed E-state index contributed by atoms with van der Waals surface area (Å²) in [5.74, 6) is -1.82. The van der Waals surface area contributed by atoms with E-state index in [0.717, 1.165) is 25.0 Å². The fraction of sp³-hybridized carbons (Fsp3) is 0.316. The molecule has 2 amide bonds. The van der Waals surface area contributed by atoms with Crippen molar-refractivity contribution >= 4 is 6.03 Å². The molecule has 0 bridgehead atoms. The first-order chi connectivity index (χ1) is 11.5. The Morgan fingerprint density at radius 3 is 2.38 bits per heavy atom. The van der Waals surface area contributed by atoms with E-state index in [-0.39, 0.29) is 12.1 Å². The smallest absolute Gasteiger partial charge is 0.315 e. The molecule has 0 spiro atoms. The van der Waals surface area contributed by atoms with Crippen LogP contribution in [0.3, 0.4) is 0 Å². The SMILES string of the molecule is CC(CCc1ccccc1)NC(=O)NC(C)c1ccc(F)c(F)c1. The highest BCUT2D eigenvalue weighted by Crippen LogP contribution is 2.15. The van der Waals surface area contributed by atoms with Crippen LogP contribution < -0.4 is 10.6 Å². The third kappa shape index (κ3) is 5.33. The van der Waals surface area contributed by atoms with Gasteiger partial charge in [-0.25, -0.2) is 13.6 Å². The van der Waals surface area contributed by atoms with Crippen LogP contribution in [-0.4, -0.2) is 12.1 Å². The highest BCUT2D eigenvalue weighted by atomic mass is 19.2. The van der Waals surface area contributed by atoms with Gasteiger partial charge in [-0.2, -0.15) is 0 Å². The zero-order chi connectivity index (χ0) is 17.5. The second kappa shape index (κ2) is 8.43. The average Bonchev–Trinajstić information content (AvgIpc) is 2.56. The van der Waals surface area contributed by atoms with Gasteiger partial charge in [0, 0.05) is 6.04 Å². The van der Waals surface area contributed by atoms with Crippen LogP contribution in [0.1, 0.15) is 37.4 Å². The van der Waals surface area contributed by atoms with Crippen LogP contribution in [0.5, 0.6) is 0 Å². The van der Waals surface area contributed by atoms with Gasteiger partial charge < -0.3 is 10.6 Å². The Bertz CT molecular complexity index is 676. The van der Waals surface area contributed by atoms with Crippen LogP contribution >= 0.6 is 0 Å². The first kappa shape index (κ1) is 17.9. The van der Waals surface area contributed by atoms with Crippen molar-refractivity contribution in [3.8, 4) is 0 Å². The molecule has 2 aromatic carbocycles. The fourth-order valence-corrected chi connectivity index (χ4v) is 2.43. The second-order valence-corrected chi connectivity index (χ2v) is 5.94. The van der Waals surface area contributed by atoms with Crippen molar-refractivity contribution < 1.29 is 13.6 Å². The number of carbonyl (C=O) groups is 1. The lowest BCUT2D eigenvalue weighted by atomic mass is 10.1. The zero-order valence-electron chi connectivity index (χ0n) is 13.9. The summed E-state index contributed by atoms with van der Waals surface area (Å²) in [6.07, 6.45) is 1.69. The molecule has 0 aliphatic carbocycles. The van der Waals surface area contributed by atoms with Gasteiger partial charge in [0.15, 0.2) is 11.6 Å². The second-order valence-electron chi connectivity index (χ2n) is 5.94. The molecule has 0 saturated carbocycles. The maximum absolute atomic E-state index is 13.2. The van der Waals surface area contributed by atoms with Gasteiger partial charge in [0.05, 0.1) is 6.04 Å². The minimum atomic E-state index is -0.919. The predicted molar refractivity (Wildman–Crippen MR) is 90.7 cm³/mol. The summed E-state index contributed by atoms with van der Waals surface area (Å²) >= 11 is 0. The summed E-state index contributed by atoms with van der Waals surface area (Å²) in [5.41, 5.74) is 1.74. The molecule has 0 aromatic heterocycles. The third-order valence-corrected chi connectivity index (χ3v) is 3.88. The molecule has 5 heteroatoms. The number of urea groups is 1. The topological polar surface area (TPSA) is 41.1 Å². The van der Waals surface area contributed by atoms with Crippen LogP contribution in [0.15, 0.2) is 48.5 Å². The van der Waals surface area contributed by atoms with E-state index in [9.17, 15) is 13.6 Å². The van der Waals surface area contributed by atoms with Crippen molar-refractivity contribution in [3.63, 3.8) is 0 Å². The lowest BCUT2D eigenvalue weighted by Crippen LogP contribution is -2.41. The maximum atomic E-state index is 13.2. The van der Waals surface area contributed by atoms with E-state index in [4.69, 9.17) is 0 Å². The minimum absolute atomic E-state index is 0.00219. The van der Waals surface area contributed by atoms with Gasteiger partial charge in [0.2, 0.25) is 0 Å². The van der Waals surface area contributed by atoms with E-state index in [1.165, 1.54) is 11.6 Å². The van der Waals surface area contributed by atoms with Crippen LogP contribution in [0, 0.1) is 11.6 Å². The van der Waals surface area contributed by atoms with Gasteiger partial charge in [-0.05, 0) is 49.9 Å². The number of nitrogens with one attached hydrogen (secondary N) is 2. The molecule has 0 aliphatic heterocycles. The molecule has 2 N–H and O–H groups in total. The zero-order valence-corrected chi connectivity index (χ0v) is 13.9. The number of aryl methyl sites for hydroxylation is 1. The van der Waals surface area contributed by atoms with Crippen LogP contribution in [0.25, 0.3) is 0 Å². The number of hydrogen-bond donors (Lipinski definition) is 2. The van der Waals surface area contributed by atoms with E-state index < -0.39 is 17.7 Å². The van der Waals surface area contributed by atoms with E-state index in [1.807, 2.05) is 25.1 Å². The molecule has 0 heterocycles. The predicted octanol–water partition coefficient (Wildman–Crippen LogP) is 4.35. The molecule has 2 rings (SSSR count). The van der Waals surface area contributed by atoms with E-state index >= 15 is 0 Å². The van der Waals surface area contributed by atoms with Gasteiger partial charge >= 0.3 is 6.03 Å². The molecule has 2 aromatic rings. The van der Waals surface area contributed by atoms with Crippen LogP contribution in [-0.2, 0) is 6.42 Å². The Morgan fingerprint density at radius 2 is 1.71 bits per heavy atom. The van der Waals surface area contributed by atoms with E-state index in [1.54, 1.807) is 6.92 Å².